The quantitative estimate of drug-likeness (QED) is 0.273. The number of hydrogen-bond acceptors (Lipinski definition) is 3. The van der Waals surface area contributed by atoms with E-state index < -0.39 is 0 Å². The van der Waals surface area contributed by atoms with Crippen molar-refractivity contribution in [1.82, 2.24) is 15.0 Å². The van der Waals surface area contributed by atoms with Gasteiger partial charge in [-0.3, -0.25) is 15.0 Å². The fraction of sp³-hybridized carbons (Fsp3) is 0. The van der Waals surface area contributed by atoms with E-state index in [9.17, 15) is 0 Å². The van der Waals surface area contributed by atoms with Crippen LogP contribution in [0.25, 0.3) is 32.7 Å². The molecule has 3 aromatic heterocycles. The summed E-state index contributed by atoms with van der Waals surface area (Å²) in [5.41, 5.74) is 3.18. The molecule has 0 radical (unpaired) electrons. The zero-order valence-electron chi connectivity index (χ0n) is 17.0. The van der Waals surface area contributed by atoms with Gasteiger partial charge in [-0.05, 0) is 36.4 Å². The van der Waals surface area contributed by atoms with Gasteiger partial charge in [-0.25, -0.2) is 0 Å². The zero-order chi connectivity index (χ0) is 20.4. The number of benzene rings is 3. The summed E-state index contributed by atoms with van der Waals surface area (Å²) in [6.45, 7) is 0. The van der Waals surface area contributed by atoms with E-state index in [2.05, 4.69) is 51.4 Å². The molecule has 0 saturated carbocycles. The van der Waals surface area contributed by atoms with Gasteiger partial charge in [0.1, 0.15) is 0 Å². The molecular formula is C27H21AlN3+3. The van der Waals surface area contributed by atoms with Gasteiger partial charge in [0.15, 0.2) is 0 Å². The van der Waals surface area contributed by atoms with Crippen LogP contribution >= 0.6 is 0 Å². The normalized spacial score (nSPS) is 9.68. The summed E-state index contributed by atoms with van der Waals surface area (Å²) in [5, 5.41) is 3.60. The number of nitrogens with zero attached hydrogens (tertiary/aromatic N) is 3. The van der Waals surface area contributed by atoms with E-state index in [-0.39, 0.29) is 17.4 Å². The topological polar surface area (TPSA) is 38.7 Å². The van der Waals surface area contributed by atoms with E-state index in [0.29, 0.717) is 0 Å². The van der Waals surface area contributed by atoms with Gasteiger partial charge in [-0.15, -0.1) is 0 Å². The monoisotopic (exact) mass is 414 g/mol. The molecule has 0 N–H and O–H groups in total. The minimum atomic E-state index is 0. The molecule has 0 saturated heterocycles. The number of hydrogen-bond donors (Lipinski definition) is 0. The van der Waals surface area contributed by atoms with Gasteiger partial charge in [0.25, 0.3) is 0 Å². The number of para-hydroxylation sites is 3. The fourth-order valence-corrected chi connectivity index (χ4v) is 3.05. The molecule has 0 amide bonds. The van der Waals surface area contributed by atoms with Gasteiger partial charge in [-0.1, -0.05) is 72.8 Å². The Morgan fingerprint density at radius 2 is 0.581 bits per heavy atom. The summed E-state index contributed by atoms with van der Waals surface area (Å²) >= 11 is 0. The average molecular weight is 414 g/mol. The van der Waals surface area contributed by atoms with Crippen molar-refractivity contribution < 1.29 is 0 Å². The number of rotatable bonds is 0. The van der Waals surface area contributed by atoms with Crippen molar-refractivity contribution in [1.29, 1.82) is 0 Å². The van der Waals surface area contributed by atoms with Gasteiger partial charge in [0.2, 0.25) is 0 Å². The third-order valence-corrected chi connectivity index (χ3v) is 4.54. The first-order valence-electron chi connectivity index (χ1n) is 9.79. The Labute approximate surface area is 192 Å². The summed E-state index contributed by atoms with van der Waals surface area (Å²) < 4.78 is 0. The molecule has 0 aliphatic heterocycles. The van der Waals surface area contributed by atoms with E-state index in [1.54, 1.807) is 0 Å². The first-order chi connectivity index (χ1) is 14.9. The first kappa shape index (κ1) is 22.1. The van der Waals surface area contributed by atoms with E-state index in [1.807, 2.05) is 91.4 Å². The minimum Gasteiger partial charge on any atom is -0.256 e. The van der Waals surface area contributed by atoms with Crippen molar-refractivity contribution in [3.8, 4) is 0 Å². The van der Waals surface area contributed by atoms with Gasteiger partial charge in [0.05, 0.1) is 16.6 Å². The predicted octanol–water partition coefficient (Wildman–Crippen LogP) is 6.32. The van der Waals surface area contributed by atoms with Crippen LogP contribution < -0.4 is 0 Å². The van der Waals surface area contributed by atoms with Gasteiger partial charge >= 0.3 is 17.4 Å². The molecule has 3 heterocycles. The Kier molecular flexibility index (Phi) is 8.25. The Hall–Kier alpha value is -3.58. The SMILES string of the molecule is [Al+3].c1ccc2ncccc2c1.c1ccc2ncccc2c1.c1ccc2ncccc2c1. The van der Waals surface area contributed by atoms with Gasteiger partial charge < -0.3 is 0 Å². The third-order valence-electron chi connectivity index (χ3n) is 4.54. The summed E-state index contributed by atoms with van der Waals surface area (Å²) in [4.78, 5) is 12.5. The van der Waals surface area contributed by atoms with Crippen LogP contribution in [0.15, 0.2) is 128 Å². The molecule has 4 heteroatoms. The van der Waals surface area contributed by atoms with Crippen LogP contribution in [0.5, 0.6) is 0 Å². The van der Waals surface area contributed by atoms with Crippen molar-refractivity contribution in [2.24, 2.45) is 0 Å². The maximum absolute atomic E-state index is 4.18. The second kappa shape index (κ2) is 11.6. The molecule has 0 spiro atoms. The van der Waals surface area contributed by atoms with Crippen LogP contribution in [0.4, 0.5) is 0 Å². The second-order valence-corrected chi connectivity index (χ2v) is 6.59. The number of fused-ring (bicyclic) bond motifs is 3. The molecule has 144 valence electrons. The maximum atomic E-state index is 4.18. The van der Waals surface area contributed by atoms with Gasteiger partial charge in [0, 0.05) is 34.7 Å². The average Bonchev–Trinajstić information content (AvgIpc) is 2.85. The summed E-state index contributed by atoms with van der Waals surface area (Å²) in [6.07, 6.45) is 5.42. The largest absolute Gasteiger partial charge is 3.00 e. The first-order valence-corrected chi connectivity index (χ1v) is 9.79. The molecule has 0 aliphatic rings. The molecule has 0 fully saturated rings. The van der Waals surface area contributed by atoms with E-state index in [0.717, 1.165) is 16.6 Å². The Balaban J connectivity index is 0.000000130. The Morgan fingerprint density at radius 1 is 0.323 bits per heavy atom. The molecule has 6 aromatic rings. The van der Waals surface area contributed by atoms with Crippen molar-refractivity contribution >= 4 is 50.1 Å². The maximum Gasteiger partial charge on any atom is 3.00 e. The van der Waals surface area contributed by atoms with E-state index in [1.165, 1.54) is 16.2 Å². The standard InChI is InChI=1S/3C9H7N.Al/c3*1-2-6-9-8(4-1)5-3-7-10-9;/h3*1-7H;/q;;;+3. The molecule has 0 bridgehead atoms. The predicted molar refractivity (Wildman–Crippen MR) is 131 cm³/mol. The molecular weight excluding hydrogens is 393 g/mol. The van der Waals surface area contributed by atoms with Crippen LogP contribution in [0.1, 0.15) is 0 Å². The minimum absolute atomic E-state index is 0. The molecule has 6 rings (SSSR count). The number of aromatic nitrogens is 3. The van der Waals surface area contributed by atoms with E-state index in [4.69, 9.17) is 0 Å². The molecule has 3 aromatic carbocycles. The summed E-state index contributed by atoms with van der Waals surface area (Å²) in [6, 6.07) is 36.3. The van der Waals surface area contributed by atoms with Crippen LogP contribution in [0.2, 0.25) is 0 Å². The van der Waals surface area contributed by atoms with Crippen molar-refractivity contribution in [3.63, 3.8) is 0 Å². The van der Waals surface area contributed by atoms with Gasteiger partial charge in [-0.2, -0.15) is 0 Å². The van der Waals surface area contributed by atoms with Crippen molar-refractivity contribution in [2.45, 2.75) is 0 Å². The van der Waals surface area contributed by atoms with Crippen LogP contribution in [-0.4, -0.2) is 32.3 Å². The van der Waals surface area contributed by atoms with Crippen LogP contribution in [-0.2, 0) is 0 Å². The second-order valence-electron chi connectivity index (χ2n) is 6.59. The molecule has 3 nitrogen and oxygen atoms in total. The Bertz CT molecular complexity index is 1000. The fourth-order valence-electron chi connectivity index (χ4n) is 3.05. The number of pyridine rings is 3. The molecule has 31 heavy (non-hydrogen) atoms. The summed E-state index contributed by atoms with van der Waals surface area (Å²) in [5.74, 6) is 0. The zero-order valence-corrected chi connectivity index (χ0v) is 18.2. The van der Waals surface area contributed by atoms with Crippen LogP contribution in [0, 0.1) is 0 Å². The smallest absolute Gasteiger partial charge is 0.256 e. The molecule has 0 aliphatic carbocycles. The summed E-state index contributed by atoms with van der Waals surface area (Å²) in [7, 11) is 0. The van der Waals surface area contributed by atoms with Crippen molar-refractivity contribution in [2.75, 3.05) is 0 Å². The Morgan fingerprint density at radius 3 is 0.871 bits per heavy atom. The third kappa shape index (κ3) is 6.20. The van der Waals surface area contributed by atoms with Crippen LogP contribution in [0.3, 0.4) is 0 Å². The molecule has 0 atom stereocenters. The van der Waals surface area contributed by atoms with E-state index >= 15 is 0 Å². The van der Waals surface area contributed by atoms with Crippen molar-refractivity contribution in [3.05, 3.63) is 128 Å². The molecule has 0 unspecified atom stereocenters.